The van der Waals surface area contributed by atoms with Crippen molar-refractivity contribution in [2.24, 2.45) is 0 Å². The summed E-state index contributed by atoms with van der Waals surface area (Å²) in [5.74, 6) is 1.04. The minimum Gasteiger partial charge on any atom is -0.489 e. The normalized spacial score (nSPS) is 26.3. The van der Waals surface area contributed by atoms with Gasteiger partial charge in [0.05, 0.1) is 9.13 Å². The van der Waals surface area contributed by atoms with E-state index in [2.05, 4.69) is 40.5 Å². The van der Waals surface area contributed by atoms with Crippen molar-refractivity contribution in [3.63, 3.8) is 0 Å². The fourth-order valence-electron chi connectivity index (χ4n) is 3.60. The molecular formula is C17H22INO2. The van der Waals surface area contributed by atoms with E-state index in [-0.39, 0.29) is 5.78 Å². The molecule has 2 aliphatic heterocycles. The van der Waals surface area contributed by atoms with Crippen LogP contribution in [0.2, 0.25) is 0 Å². The Morgan fingerprint density at radius 1 is 1.29 bits per heavy atom. The minimum atomic E-state index is -0.454. The smallest absolute Gasteiger partial charge is 0.190 e. The summed E-state index contributed by atoms with van der Waals surface area (Å²) in [5.41, 5.74) is 1.45. The van der Waals surface area contributed by atoms with Crippen LogP contribution in [0.4, 0.5) is 0 Å². The summed E-state index contributed by atoms with van der Waals surface area (Å²) < 4.78 is 7.11. The van der Waals surface area contributed by atoms with E-state index in [1.165, 1.54) is 19.3 Å². The number of hydrogen-bond donors (Lipinski definition) is 0. The number of Topliss-reactive ketones (excluding diaryl/α,β-unsaturated/α-hetero) is 1. The molecule has 1 aromatic carbocycles. The van der Waals surface area contributed by atoms with Gasteiger partial charge in [-0.15, -0.1) is 0 Å². The van der Waals surface area contributed by atoms with Crippen LogP contribution in [-0.2, 0) is 0 Å². The number of ether oxygens (including phenoxy) is 1. The molecule has 0 aliphatic carbocycles. The van der Waals surface area contributed by atoms with Crippen LogP contribution in [0.25, 0.3) is 0 Å². The topological polar surface area (TPSA) is 29.5 Å². The first-order valence-corrected chi connectivity index (χ1v) is 8.89. The van der Waals surface area contributed by atoms with Gasteiger partial charge in [-0.25, -0.2) is 0 Å². The fraction of sp³-hybridized carbons (Fsp3) is 0.588. The number of halogens is 1. The molecule has 1 atom stereocenters. The standard InChI is InChI=1S/C17H22INO2/c1-3-17(19-7-5-4-6-8-19)11-21-15-13(16(17)20)9-12(2)10-14(15)18/h9-10H,3-8,11H2,1-2H3/t17-/m1/s1. The number of carbonyl (C=O) groups is 1. The van der Waals surface area contributed by atoms with E-state index < -0.39 is 5.54 Å². The molecule has 1 aromatic rings. The number of piperidine rings is 1. The first kappa shape index (κ1) is 15.3. The summed E-state index contributed by atoms with van der Waals surface area (Å²) in [6.45, 7) is 6.68. The lowest BCUT2D eigenvalue weighted by Gasteiger charge is -2.46. The molecule has 0 spiro atoms. The first-order valence-electron chi connectivity index (χ1n) is 7.81. The van der Waals surface area contributed by atoms with Crippen molar-refractivity contribution in [2.45, 2.75) is 45.1 Å². The lowest BCUT2D eigenvalue weighted by atomic mass is 9.82. The molecule has 3 nitrogen and oxygen atoms in total. The zero-order chi connectivity index (χ0) is 15.0. The number of benzene rings is 1. The molecule has 0 amide bonds. The molecule has 2 heterocycles. The summed E-state index contributed by atoms with van der Waals surface area (Å²) in [5, 5.41) is 0. The molecule has 21 heavy (non-hydrogen) atoms. The van der Waals surface area contributed by atoms with Crippen LogP contribution in [0.1, 0.15) is 48.5 Å². The molecule has 0 saturated carbocycles. The van der Waals surface area contributed by atoms with E-state index in [1.807, 2.05) is 13.0 Å². The van der Waals surface area contributed by atoms with Gasteiger partial charge in [0.25, 0.3) is 0 Å². The Morgan fingerprint density at radius 3 is 2.67 bits per heavy atom. The van der Waals surface area contributed by atoms with Gasteiger partial charge in [-0.05, 0) is 79.6 Å². The highest BCUT2D eigenvalue weighted by atomic mass is 127. The van der Waals surface area contributed by atoms with Gasteiger partial charge in [0.1, 0.15) is 17.9 Å². The largest absolute Gasteiger partial charge is 0.489 e. The predicted octanol–water partition coefficient (Wildman–Crippen LogP) is 3.81. The average Bonchev–Trinajstić information content (AvgIpc) is 2.50. The molecule has 0 radical (unpaired) electrons. The minimum absolute atomic E-state index is 0.259. The zero-order valence-electron chi connectivity index (χ0n) is 12.7. The van der Waals surface area contributed by atoms with Gasteiger partial charge < -0.3 is 4.74 Å². The average molecular weight is 399 g/mol. The lowest BCUT2D eigenvalue weighted by molar-refractivity contribution is 0.0147. The number of fused-ring (bicyclic) bond motifs is 1. The second kappa shape index (κ2) is 5.88. The molecule has 114 valence electrons. The summed E-state index contributed by atoms with van der Waals surface area (Å²) in [4.78, 5) is 15.6. The van der Waals surface area contributed by atoms with Gasteiger partial charge in [-0.3, -0.25) is 9.69 Å². The number of ketones is 1. The van der Waals surface area contributed by atoms with Crippen molar-refractivity contribution in [3.8, 4) is 5.75 Å². The van der Waals surface area contributed by atoms with Crippen molar-refractivity contribution in [1.29, 1.82) is 0 Å². The highest BCUT2D eigenvalue weighted by molar-refractivity contribution is 14.1. The molecule has 2 aliphatic rings. The van der Waals surface area contributed by atoms with Gasteiger partial charge in [-0.2, -0.15) is 0 Å². The van der Waals surface area contributed by atoms with E-state index in [4.69, 9.17) is 4.74 Å². The van der Waals surface area contributed by atoms with Crippen molar-refractivity contribution in [2.75, 3.05) is 19.7 Å². The SMILES string of the molecule is CC[C@@]1(N2CCCCC2)COc2c(I)cc(C)cc2C1=O. The quantitative estimate of drug-likeness (QED) is 0.709. The van der Waals surface area contributed by atoms with E-state index in [0.717, 1.165) is 40.0 Å². The van der Waals surface area contributed by atoms with E-state index in [1.54, 1.807) is 0 Å². The second-order valence-electron chi connectivity index (χ2n) is 6.17. The Morgan fingerprint density at radius 2 is 2.00 bits per heavy atom. The first-order chi connectivity index (χ1) is 10.1. The predicted molar refractivity (Wildman–Crippen MR) is 92.2 cm³/mol. The van der Waals surface area contributed by atoms with Crippen LogP contribution in [-0.4, -0.2) is 35.9 Å². The van der Waals surface area contributed by atoms with Gasteiger partial charge in [0, 0.05) is 0 Å². The maximum atomic E-state index is 13.2. The van der Waals surface area contributed by atoms with Crippen LogP contribution < -0.4 is 4.74 Å². The molecular weight excluding hydrogens is 377 g/mol. The molecule has 0 N–H and O–H groups in total. The van der Waals surface area contributed by atoms with E-state index in [9.17, 15) is 4.79 Å². The molecule has 3 rings (SSSR count). The molecule has 1 saturated heterocycles. The number of nitrogens with zero attached hydrogens (tertiary/aromatic N) is 1. The summed E-state index contributed by atoms with van der Waals surface area (Å²) in [6.07, 6.45) is 4.47. The van der Waals surface area contributed by atoms with E-state index in [0.29, 0.717) is 6.61 Å². The van der Waals surface area contributed by atoms with E-state index >= 15 is 0 Å². The van der Waals surface area contributed by atoms with Gasteiger partial charge in [0.15, 0.2) is 5.78 Å². The highest BCUT2D eigenvalue weighted by Crippen LogP contribution is 2.39. The Balaban J connectivity index is 2.03. The zero-order valence-corrected chi connectivity index (χ0v) is 14.9. The summed E-state index contributed by atoms with van der Waals surface area (Å²) >= 11 is 2.27. The summed E-state index contributed by atoms with van der Waals surface area (Å²) in [7, 11) is 0. The third-order valence-electron chi connectivity index (χ3n) is 4.86. The highest BCUT2D eigenvalue weighted by Gasteiger charge is 2.47. The number of aryl methyl sites for hydroxylation is 1. The summed E-state index contributed by atoms with van der Waals surface area (Å²) in [6, 6.07) is 4.07. The van der Waals surface area contributed by atoms with Crippen LogP contribution >= 0.6 is 22.6 Å². The van der Waals surface area contributed by atoms with Crippen molar-refractivity contribution < 1.29 is 9.53 Å². The van der Waals surface area contributed by atoms with Crippen LogP contribution in [0.3, 0.4) is 0 Å². The molecule has 1 fully saturated rings. The van der Waals surface area contributed by atoms with Crippen LogP contribution in [0, 0.1) is 10.5 Å². The molecule has 0 aromatic heterocycles. The number of likely N-dealkylation sites (tertiary alicyclic amines) is 1. The number of carbonyl (C=O) groups excluding carboxylic acids is 1. The van der Waals surface area contributed by atoms with Gasteiger partial charge in [0.2, 0.25) is 0 Å². The lowest BCUT2D eigenvalue weighted by Crippen LogP contribution is -2.61. The Labute approximate surface area is 140 Å². The molecule has 0 unspecified atom stereocenters. The Kier molecular flexibility index (Phi) is 4.28. The second-order valence-corrected chi connectivity index (χ2v) is 7.34. The van der Waals surface area contributed by atoms with Crippen LogP contribution in [0.5, 0.6) is 5.75 Å². The van der Waals surface area contributed by atoms with Crippen molar-refractivity contribution in [3.05, 3.63) is 26.8 Å². The van der Waals surface area contributed by atoms with Crippen molar-refractivity contribution >= 4 is 28.4 Å². The van der Waals surface area contributed by atoms with Crippen LogP contribution in [0.15, 0.2) is 12.1 Å². The maximum absolute atomic E-state index is 13.2. The Hall–Kier alpha value is -0.620. The monoisotopic (exact) mass is 399 g/mol. The third kappa shape index (κ3) is 2.50. The fourth-order valence-corrected chi connectivity index (χ4v) is 4.53. The maximum Gasteiger partial charge on any atom is 0.190 e. The molecule has 0 bridgehead atoms. The molecule has 4 heteroatoms. The number of hydrogen-bond acceptors (Lipinski definition) is 3. The Bertz CT molecular complexity index is 566. The van der Waals surface area contributed by atoms with Crippen molar-refractivity contribution in [1.82, 2.24) is 4.90 Å². The van der Waals surface area contributed by atoms with Gasteiger partial charge >= 0.3 is 0 Å². The van der Waals surface area contributed by atoms with Gasteiger partial charge in [-0.1, -0.05) is 13.3 Å². The number of rotatable bonds is 2. The third-order valence-corrected chi connectivity index (χ3v) is 5.66.